The first kappa shape index (κ1) is 24.1. The summed E-state index contributed by atoms with van der Waals surface area (Å²) in [5.41, 5.74) is 0. The predicted octanol–water partition coefficient (Wildman–Crippen LogP) is 2.49. The van der Waals surface area contributed by atoms with Crippen LogP contribution >= 0.6 is 0 Å². The first-order valence-corrected chi connectivity index (χ1v) is 9.88. The third-order valence-corrected chi connectivity index (χ3v) is 3.99. The number of unbranched alkanes of at least 4 members (excludes halogenated alkanes) is 1. The molecule has 0 aliphatic heterocycles. The Morgan fingerprint density at radius 2 is 1.48 bits per heavy atom. The van der Waals surface area contributed by atoms with Gasteiger partial charge in [-0.3, -0.25) is 9.89 Å². The van der Waals surface area contributed by atoms with E-state index in [0.717, 1.165) is 45.0 Å². The lowest BCUT2D eigenvalue weighted by molar-refractivity contribution is 0.0487. The van der Waals surface area contributed by atoms with Crippen molar-refractivity contribution in [3.63, 3.8) is 0 Å². The van der Waals surface area contributed by atoms with Crippen molar-refractivity contribution in [2.75, 3.05) is 53.1 Å². The third kappa shape index (κ3) is 14.0. The fraction of sp³-hybridized carbons (Fsp3) is 0.947. The second-order valence-electron chi connectivity index (χ2n) is 6.78. The fourth-order valence-corrected chi connectivity index (χ4v) is 2.61. The standard InChI is InChI=1S/C19H42N4O2/c1-7-8-13-24-15-16-25-14-11-22-19(20-6)21-10-9-12-23(17(2)3)18(4)5/h17-18H,7-16H2,1-6H3,(H2,20,21,22). The van der Waals surface area contributed by atoms with Crippen LogP contribution in [0.15, 0.2) is 4.99 Å². The normalized spacial score (nSPS) is 12.4. The van der Waals surface area contributed by atoms with Gasteiger partial charge in [-0.1, -0.05) is 13.3 Å². The highest BCUT2D eigenvalue weighted by atomic mass is 16.5. The summed E-state index contributed by atoms with van der Waals surface area (Å²) in [7, 11) is 1.80. The van der Waals surface area contributed by atoms with Crippen LogP contribution in [0.4, 0.5) is 0 Å². The number of aliphatic imine (C=N–C) groups is 1. The van der Waals surface area contributed by atoms with Gasteiger partial charge in [0.05, 0.1) is 19.8 Å². The quantitative estimate of drug-likeness (QED) is 0.268. The van der Waals surface area contributed by atoms with Gasteiger partial charge >= 0.3 is 0 Å². The van der Waals surface area contributed by atoms with Gasteiger partial charge in [0, 0.05) is 45.4 Å². The Balaban J connectivity index is 3.63. The molecule has 2 N–H and O–H groups in total. The molecule has 0 rings (SSSR count). The molecule has 6 heteroatoms. The van der Waals surface area contributed by atoms with Gasteiger partial charge in [0.2, 0.25) is 0 Å². The van der Waals surface area contributed by atoms with Crippen LogP contribution in [0.25, 0.3) is 0 Å². The van der Waals surface area contributed by atoms with E-state index in [2.05, 4.69) is 55.1 Å². The number of guanidine groups is 1. The molecule has 0 atom stereocenters. The minimum atomic E-state index is 0.584. The highest BCUT2D eigenvalue weighted by Gasteiger charge is 2.12. The van der Waals surface area contributed by atoms with Crippen molar-refractivity contribution in [2.45, 2.75) is 66.0 Å². The lowest BCUT2D eigenvalue weighted by Gasteiger charge is -2.30. The molecule has 25 heavy (non-hydrogen) atoms. The molecule has 0 saturated carbocycles. The average Bonchev–Trinajstić information content (AvgIpc) is 2.57. The summed E-state index contributed by atoms with van der Waals surface area (Å²) in [6, 6.07) is 1.17. The largest absolute Gasteiger partial charge is 0.379 e. The number of rotatable bonds is 15. The maximum absolute atomic E-state index is 5.54. The summed E-state index contributed by atoms with van der Waals surface area (Å²) in [6.07, 6.45) is 3.39. The molecule has 0 radical (unpaired) electrons. The average molecular weight is 359 g/mol. The zero-order chi connectivity index (χ0) is 18.9. The van der Waals surface area contributed by atoms with Crippen LogP contribution in [0.1, 0.15) is 53.9 Å². The highest BCUT2D eigenvalue weighted by molar-refractivity contribution is 5.79. The van der Waals surface area contributed by atoms with E-state index in [1.165, 1.54) is 6.42 Å². The first-order chi connectivity index (χ1) is 12.0. The lowest BCUT2D eigenvalue weighted by Crippen LogP contribution is -2.42. The van der Waals surface area contributed by atoms with Crippen LogP contribution in [0, 0.1) is 0 Å². The second kappa shape index (κ2) is 16.6. The molecule has 0 bridgehead atoms. The molecule has 0 aromatic heterocycles. The molecule has 0 aromatic rings. The summed E-state index contributed by atoms with van der Waals surface area (Å²) in [6.45, 7) is 16.8. The van der Waals surface area contributed by atoms with Crippen molar-refractivity contribution in [1.82, 2.24) is 15.5 Å². The molecule has 0 unspecified atom stereocenters. The van der Waals surface area contributed by atoms with E-state index in [4.69, 9.17) is 9.47 Å². The van der Waals surface area contributed by atoms with Gasteiger partial charge in [-0.05, 0) is 40.5 Å². The van der Waals surface area contributed by atoms with Crippen LogP contribution in [-0.2, 0) is 9.47 Å². The highest BCUT2D eigenvalue weighted by Crippen LogP contribution is 2.05. The van der Waals surface area contributed by atoms with Crippen LogP contribution in [0.3, 0.4) is 0 Å². The SMILES string of the molecule is CCCCOCCOCCNC(=NC)NCCCN(C(C)C)C(C)C. The zero-order valence-corrected chi connectivity index (χ0v) is 17.4. The summed E-state index contributed by atoms with van der Waals surface area (Å²) < 4.78 is 11.0. The smallest absolute Gasteiger partial charge is 0.191 e. The van der Waals surface area contributed by atoms with Crippen molar-refractivity contribution >= 4 is 5.96 Å². The molecule has 0 heterocycles. The van der Waals surface area contributed by atoms with Crippen molar-refractivity contribution in [1.29, 1.82) is 0 Å². The topological polar surface area (TPSA) is 58.1 Å². The summed E-state index contributed by atoms with van der Waals surface area (Å²) >= 11 is 0. The predicted molar refractivity (Wildman–Crippen MR) is 108 cm³/mol. The maximum Gasteiger partial charge on any atom is 0.191 e. The van der Waals surface area contributed by atoms with Crippen LogP contribution in [0.2, 0.25) is 0 Å². The number of hydrogen-bond acceptors (Lipinski definition) is 4. The minimum absolute atomic E-state index is 0.584. The Kier molecular flexibility index (Phi) is 16.0. The molecule has 0 saturated heterocycles. The molecular formula is C19H42N4O2. The minimum Gasteiger partial charge on any atom is -0.379 e. The maximum atomic E-state index is 5.54. The Labute approximate surface area is 155 Å². The summed E-state index contributed by atoms with van der Waals surface area (Å²) in [5.74, 6) is 0.837. The Morgan fingerprint density at radius 3 is 2.04 bits per heavy atom. The monoisotopic (exact) mass is 358 g/mol. The van der Waals surface area contributed by atoms with E-state index in [1.807, 2.05) is 0 Å². The van der Waals surface area contributed by atoms with E-state index in [9.17, 15) is 0 Å². The van der Waals surface area contributed by atoms with Crippen LogP contribution in [-0.4, -0.2) is 76.1 Å². The van der Waals surface area contributed by atoms with Gasteiger partial charge in [-0.15, -0.1) is 0 Å². The van der Waals surface area contributed by atoms with Gasteiger partial charge in [0.25, 0.3) is 0 Å². The molecule has 6 nitrogen and oxygen atoms in total. The van der Waals surface area contributed by atoms with E-state index >= 15 is 0 Å². The molecule has 0 aliphatic rings. The van der Waals surface area contributed by atoms with Crippen LogP contribution in [0.5, 0.6) is 0 Å². The number of ether oxygens (including phenoxy) is 2. The number of hydrogen-bond donors (Lipinski definition) is 2. The van der Waals surface area contributed by atoms with E-state index < -0.39 is 0 Å². The summed E-state index contributed by atoms with van der Waals surface area (Å²) in [5, 5.41) is 6.63. The molecule has 0 amide bonds. The fourth-order valence-electron chi connectivity index (χ4n) is 2.61. The number of nitrogens with one attached hydrogen (secondary N) is 2. The third-order valence-electron chi connectivity index (χ3n) is 3.99. The van der Waals surface area contributed by atoms with Crippen LogP contribution < -0.4 is 10.6 Å². The number of nitrogens with zero attached hydrogens (tertiary/aromatic N) is 2. The van der Waals surface area contributed by atoms with Gasteiger partial charge in [-0.25, -0.2) is 0 Å². The second-order valence-corrected chi connectivity index (χ2v) is 6.78. The van der Waals surface area contributed by atoms with Gasteiger partial charge < -0.3 is 20.1 Å². The van der Waals surface area contributed by atoms with Crippen molar-refractivity contribution in [3.05, 3.63) is 0 Å². The lowest BCUT2D eigenvalue weighted by atomic mass is 10.2. The molecule has 0 fully saturated rings. The Hall–Kier alpha value is -0.850. The molecule has 0 aliphatic carbocycles. The van der Waals surface area contributed by atoms with Crippen molar-refractivity contribution < 1.29 is 9.47 Å². The van der Waals surface area contributed by atoms with Gasteiger partial charge in [-0.2, -0.15) is 0 Å². The van der Waals surface area contributed by atoms with Gasteiger partial charge in [0.15, 0.2) is 5.96 Å². The van der Waals surface area contributed by atoms with Crippen molar-refractivity contribution in [2.24, 2.45) is 4.99 Å². The van der Waals surface area contributed by atoms with E-state index in [1.54, 1.807) is 7.05 Å². The molecule has 0 aromatic carbocycles. The zero-order valence-electron chi connectivity index (χ0n) is 17.4. The van der Waals surface area contributed by atoms with Gasteiger partial charge in [0.1, 0.15) is 0 Å². The molecule has 150 valence electrons. The van der Waals surface area contributed by atoms with E-state index in [-0.39, 0.29) is 0 Å². The molecular weight excluding hydrogens is 316 g/mol. The van der Waals surface area contributed by atoms with Crippen molar-refractivity contribution in [3.8, 4) is 0 Å². The first-order valence-electron chi connectivity index (χ1n) is 9.88. The Bertz CT molecular complexity index is 315. The Morgan fingerprint density at radius 1 is 0.880 bits per heavy atom. The molecule has 0 spiro atoms. The van der Waals surface area contributed by atoms with E-state index in [0.29, 0.717) is 31.9 Å². The summed E-state index contributed by atoms with van der Waals surface area (Å²) in [4.78, 5) is 6.75.